The molecule has 1 amide bonds. The zero-order valence-corrected chi connectivity index (χ0v) is 19.3. The molecule has 3 aromatic carbocycles. The quantitative estimate of drug-likeness (QED) is 0.441. The van der Waals surface area contributed by atoms with Crippen LogP contribution in [0.4, 0.5) is 14.9 Å². The van der Waals surface area contributed by atoms with Crippen LogP contribution in [0.5, 0.6) is 0 Å². The number of halogens is 1. The zero-order valence-electron chi connectivity index (χ0n) is 19.3. The summed E-state index contributed by atoms with van der Waals surface area (Å²) < 4.78 is 19.8. The summed E-state index contributed by atoms with van der Waals surface area (Å²) in [6.07, 6.45) is 0.360. The minimum absolute atomic E-state index is 0.234. The van der Waals surface area contributed by atoms with Gasteiger partial charge in [-0.05, 0) is 54.8 Å². The number of alkyl carbamates (subject to hydrolysis) is 1. The van der Waals surface area contributed by atoms with Gasteiger partial charge in [0, 0.05) is 23.8 Å². The van der Waals surface area contributed by atoms with Crippen LogP contribution in [0.15, 0.2) is 64.4 Å². The number of benzene rings is 3. The number of aromatic nitrogens is 2. The molecule has 0 atom stereocenters. The van der Waals surface area contributed by atoms with Crippen molar-refractivity contribution in [2.24, 2.45) is 4.99 Å². The highest BCUT2D eigenvalue weighted by Gasteiger charge is 2.19. The molecule has 8 heteroatoms. The van der Waals surface area contributed by atoms with E-state index in [9.17, 15) is 14.0 Å². The number of H-pyrrole nitrogens is 1. The third-order valence-electron chi connectivity index (χ3n) is 5.96. The minimum atomic E-state index is -0.545. The summed E-state index contributed by atoms with van der Waals surface area (Å²) in [6, 6.07) is 16.2. The Balaban J connectivity index is 1.45. The van der Waals surface area contributed by atoms with Crippen LogP contribution in [0.2, 0.25) is 0 Å². The minimum Gasteiger partial charge on any atom is -0.450 e. The predicted molar refractivity (Wildman–Crippen MR) is 133 cm³/mol. The van der Waals surface area contributed by atoms with Crippen molar-refractivity contribution in [1.29, 1.82) is 0 Å². The van der Waals surface area contributed by atoms with Gasteiger partial charge in [-0.3, -0.25) is 10.1 Å². The molecule has 0 bridgehead atoms. The third kappa shape index (κ3) is 4.55. The average molecular weight is 471 g/mol. The second-order valence-corrected chi connectivity index (χ2v) is 8.46. The zero-order chi connectivity index (χ0) is 24.5. The Kier molecular flexibility index (Phi) is 5.86. The highest BCUT2D eigenvalue weighted by molar-refractivity contribution is 6.01. The largest absolute Gasteiger partial charge is 0.450 e. The summed E-state index contributed by atoms with van der Waals surface area (Å²) in [7, 11) is 0. The van der Waals surface area contributed by atoms with Gasteiger partial charge in [-0.2, -0.15) is 5.10 Å². The van der Waals surface area contributed by atoms with Crippen molar-refractivity contribution in [1.82, 2.24) is 15.5 Å². The SMILES string of the molecule is CCOC(=O)NC1=Nc2cc(-c3cc(Cc4n[nH]c(=O)c5cc(C)ccc45)ccc3F)ccc2C1. The number of amidine groups is 1. The first kappa shape index (κ1) is 22.5. The fourth-order valence-electron chi connectivity index (χ4n) is 4.28. The van der Waals surface area contributed by atoms with Gasteiger partial charge >= 0.3 is 6.09 Å². The van der Waals surface area contributed by atoms with E-state index in [1.807, 2.05) is 43.3 Å². The molecule has 0 spiro atoms. The van der Waals surface area contributed by atoms with E-state index in [0.717, 1.165) is 22.1 Å². The lowest BCUT2D eigenvalue weighted by Crippen LogP contribution is -2.30. The smallest absolute Gasteiger partial charge is 0.412 e. The highest BCUT2D eigenvalue weighted by Crippen LogP contribution is 2.33. The Morgan fingerprint density at radius 2 is 1.97 bits per heavy atom. The van der Waals surface area contributed by atoms with Gasteiger partial charge in [-0.25, -0.2) is 19.3 Å². The Morgan fingerprint density at radius 3 is 2.80 bits per heavy atom. The van der Waals surface area contributed by atoms with Gasteiger partial charge in [0.15, 0.2) is 0 Å². The molecule has 7 nitrogen and oxygen atoms in total. The van der Waals surface area contributed by atoms with Gasteiger partial charge in [0.1, 0.15) is 11.7 Å². The number of aliphatic imine (C=N–C) groups is 1. The van der Waals surface area contributed by atoms with E-state index in [1.165, 1.54) is 6.07 Å². The maximum absolute atomic E-state index is 14.9. The predicted octanol–water partition coefficient (Wildman–Crippen LogP) is 4.96. The molecule has 1 aliphatic rings. The number of amides is 1. The first-order chi connectivity index (χ1) is 16.9. The Bertz CT molecular complexity index is 1560. The molecule has 1 aliphatic heterocycles. The summed E-state index contributed by atoms with van der Waals surface area (Å²) in [4.78, 5) is 28.4. The topological polar surface area (TPSA) is 96.4 Å². The standard InChI is InChI=1S/C27H23FN4O3/c1-3-35-27(34)30-25-14-18-7-6-17(13-23(18)29-25)20-11-16(5-9-22(20)28)12-24-19-8-4-15(2)10-21(19)26(33)32-31-24/h4-11,13H,3,12,14H2,1-2H3,(H,32,33)(H,29,30,34). The second-order valence-electron chi connectivity index (χ2n) is 8.46. The van der Waals surface area contributed by atoms with Gasteiger partial charge in [0.05, 0.1) is 23.4 Å². The number of carbonyl (C=O) groups is 1. The molecule has 0 saturated heterocycles. The van der Waals surface area contributed by atoms with E-state index in [-0.39, 0.29) is 18.0 Å². The summed E-state index contributed by atoms with van der Waals surface area (Å²) in [5.74, 6) is 0.145. The average Bonchev–Trinajstić information content (AvgIpc) is 3.23. The maximum atomic E-state index is 14.9. The van der Waals surface area contributed by atoms with E-state index in [2.05, 4.69) is 20.5 Å². The summed E-state index contributed by atoms with van der Waals surface area (Å²) >= 11 is 0. The van der Waals surface area contributed by atoms with Crippen molar-refractivity contribution in [3.63, 3.8) is 0 Å². The number of ether oxygens (including phenoxy) is 1. The van der Waals surface area contributed by atoms with E-state index in [4.69, 9.17) is 4.74 Å². The Labute approximate surface area is 200 Å². The molecule has 5 rings (SSSR count). The Hall–Kier alpha value is -4.33. The van der Waals surface area contributed by atoms with Crippen molar-refractivity contribution >= 4 is 28.4 Å². The maximum Gasteiger partial charge on any atom is 0.412 e. The lowest BCUT2D eigenvalue weighted by atomic mass is 9.97. The van der Waals surface area contributed by atoms with Crippen LogP contribution in [0.3, 0.4) is 0 Å². The summed E-state index contributed by atoms with van der Waals surface area (Å²) in [5, 5.41) is 10.8. The van der Waals surface area contributed by atoms with E-state index < -0.39 is 6.09 Å². The molecular weight excluding hydrogens is 447 g/mol. The van der Waals surface area contributed by atoms with Gasteiger partial charge in [0.25, 0.3) is 5.56 Å². The second kappa shape index (κ2) is 9.13. The van der Waals surface area contributed by atoms with Crippen molar-refractivity contribution in [3.8, 4) is 11.1 Å². The van der Waals surface area contributed by atoms with E-state index in [1.54, 1.807) is 19.1 Å². The fourth-order valence-corrected chi connectivity index (χ4v) is 4.28. The summed E-state index contributed by atoms with van der Waals surface area (Å²) in [5.41, 5.74) is 5.07. The van der Waals surface area contributed by atoms with Gasteiger partial charge in [-0.15, -0.1) is 0 Å². The van der Waals surface area contributed by atoms with Crippen LogP contribution >= 0.6 is 0 Å². The third-order valence-corrected chi connectivity index (χ3v) is 5.96. The monoisotopic (exact) mass is 470 g/mol. The molecule has 4 aromatic rings. The summed E-state index contributed by atoms with van der Waals surface area (Å²) in [6.45, 7) is 3.94. The number of hydrogen-bond donors (Lipinski definition) is 2. The van der Waals surface area contributed by atoms with Crippen LogP contribution in [-0.4, -0.2) is 28.7 Å². The molecule has 0 unspecified atom stereocenters. The molecule has 0 fully saturated rings. The van der Waals surface area contributed by atoms with Crippen LogP contribution < -0.4 is 10.9 Å². The molecule has 2 heterocycles. The number of aryl methyl sites for hydroxylation is 1. The molecule has 1 aromatic heterocycles. The van der Waals surface area contributed by atoms with Crippen LogP contribution in [0, 0.1) is 12.7 Å². The number of nitrogens with zero attached hydrogens (tertiary/aromatic N) is 2. The van der Waals surface area contributed by atoms with Crippen molar-refractivity contribution in [2.75, 3.05) is 6.61 Å². The first-order valence-electron chi connectivity index (χ1n) is 11.3. The first-order valence-corrected chi connectivity index (χ1v) is 11.3. The molecule has 176 valence electrons. The number of carbonyl (C=O) groups excluding carboxylic acids is 1. The Morgan fingerprint density at radius 1 is 1.11 bits per heavy atom. The number of rotatable bonds is 4. The van der Waals surface area contributed by atoms with Crippen molar-refractivity contribution in [2.45, 2.75) is 26.7 Å². The lowest BCUT2D eigenvalue weighted by molar-refractivity contribution is 0.157. The van der Waals surface area contributed by atoms with Crippen molar-refractivity contribution in [3.05, 3.63) is 93.2 Å². The van der Waals surface area contributed by atoms with Gasteiger partial charge < -0.3 is 4.74 Å². The van der Waals surface area contributed by atoms with Gasteiger partial charge in [-0.1, -0.05) is 35.9 Å². The van der Waals surface area contributed by atoms with E-state index >= 15 is 0 Å². The van der Waals surface area contributed by atoms with Crippen molar-refractivity contribution < 1.29 is 13.9 Å². The van der Waals surface area contributed by atoms with Crippen LogP contribution in [0.25, 0.3) is 21.9 Å². The number of nitrogens with one attached hydrogen (secondary N) is 2. The number of fused-ring (bicyclic) bond motifs is 2. The van der Waals surface area contributed by atoms with Crippen LogP contribution in [-0.2, 0) is 17.6 Å². The molecule has 0 saturated carbocycles. The number of aromatic amines is 1. The van der Waals surface area contributed by atoms with Crippen LogP contribution in [0.1, 0.15) is 29.3 Å². The lowest BCUT2D eigenvalue weighted by Gasteiger charge is -2.10. The van der Waals surface area contributed by atoms with Gasteiger partial charge in [0.2, 0.25) is 0 Å². The highest BCUT2D eigenvalue weighted by atomic mass is 19.1. The van der Waals surface area contributed by atoms with E-state index in [0.29, 0.717) is 46.6 Å². The number of hydrogen-bond acceptors (Lipinski definition) is 5. The molecular formula is C27H23FN4O3. The molecule has 0 radical (unpaired) electrons. The molecule has 35 heavy (non-hydrogen) atoms. The molecule has 0 aliphatic carbocycles. The molecule has 2 N–H and O–H groups in total. The normalized spacial score (nSPS) is 12.4. The fraction of sp³-hybridized carbons (Fsp3) is 0.185.